The van der Waals surface area contributed by atoms with E-state index in [1.165, 1.54) is 6.07 Å². The summed E-state index contributed by atoms with van der Waals surface area (Å²) in [5.41, 5.74) is 2.50. The summed E-state index contributed by atoms with van der Waals surface area (Å²) in [6, 6.07) is 16.5. The van der Waals surface area contributed by atoms with Gasteiger partial charge in [0.15, 0.2) is 0 Å². The van der Waals surface area contributed by atoms with Crippen LogP contribution in [-0.2, 0) is 0 Å². The summed E-state index contributed by atoms with van der Waals surface area (Å²) in [6.07, 6.45) is 3.56. The van der Waals surface area contributed by atoms with Gasteiger partial charge in [-0.05, 0) is 17.7 Å². The normalized spacial score (nSPS) is 10.5. The van der Waals surface area contributed by atoms with E-state index >= 15 is 0 Å². The van der Waals surface area contributed by atoms with Crippen molar-refractivity contribution in [2.45, 2.75) is 0 Å². The lowest BCUT2D eigenvalue weighted by atomic mass is 10.1. The Morgan fingerprint density at radius 3 is 2.33 bits per heavy atom. The van der Waals surface area contributed by atoms with Crippen LogP contribution < -0.4 is 0 Å². The first-order valence-electron chi connectivity index (χ1n) is 5.69. The zero-order valence-corrected chi connectivity index (χ0v) is 9.62. The van der Waals surface area contributed by atoms with Gasteiger partial charge in [0.05, 0.1) is 6.20 Å². The van der Waals surface area contributed by atoms with E-state index in [0.717, 1.165) is 11.1 Å². The molecule has 1 aromatic heterocycles. The number of para-hydroxylation sites is 1. The Labute approximate surface area is 104 Å². The van der Waals surface area contributed by atoms with Crippen LogP contribution in [0.4, 0.5) is 4.39 Å². The van der Waals surface area contributed by atoms with Gasteiger partial charge >= 0.3 is 0 Å². The van der Waals surface area contributed by atoms with Gasteiger partial charge in [-0.2, -0.15) is 5.10 Å². The number of nitrogens with zero attached hydrogens (tertiary/aromatic N) is 2. The second kappa shape index (κ2) is 4.45. The molecule has 0 atom stereocenters. The van der Waals surface area contributed by atoms with Gasteiger partial charge in [0, 0.05) is 11.8 Å². The SMILES string of the molecule is Fc1ccccc1-n1cc(-c2ccccc2)cn1. The Morgan fingerprint density at radius 1 is 0.833 bits per heavy atom. The van der Waals surface area contributed by atoms with Crippen molar-refractivity contribution in [2.75, 3.05) is 0 Å². The topological polar surface area (TPSA) is 17.8 Å². The first kappa shape index (κ1) is 10.7. The van der Waals surface area contributed by atoms with E-state index < -0.39 is 0 Å². The van der Waals surface area contributed by atoms with Crippen molar-refractivity contribution in [3.8, 4) is 16.8 Å². The van der Waals surface area contributed by atoms with Gasteiger partial charge in [-0.15, -0.1) is 0 Å². The summed E-state index contributed by atoms with van der Waals surface area (Å²) in [6.45, 7) is 0. The van der Waals surface area contributed by atoms with Gasteiger partial charge in [-0.1, -0.05) is 42.5 Å². The molecule has 0 saturated carbocycles. The number of hydrogen-bond acceptors (Lipinski definition) is 1. The summed E-state index contributed by atoms with van der Waals surface area (Å²) >= 11 is 0. The zero-order valence-electron chi connectivity index (χ0n) is 9.62. The van der Waals surface area contributed by atoms with Crippen LogP contribution in [-0.4, -0.2) is 9.78 Å². The molecule has 0 spiro atoms. The molecule has 0 unspecified atom stereocenters. The Balaban J connectivity index is 2.03. The van der Waals surface area contributed by atoms with Crippen molar-refractivity contribution in [1.82, 2.24) is 9.78 Å². The van der Waals surface area contributed by atoms with Gasteiger partial charge in [0.1, 0.15) is 11.5 Å². The molecule has 2 nitrogen and oxygen atoms in total. The fourth-order valence-corrected chi connectivity index (χ4v) is 1.87. The molecule has 2 aromatic carbocycles. The minimum atomic E-state index is -0.278. The second-order valence-electron chi connectivity index (χ2n) is 3.99. The molecule has 0 amide bonds. The van der Waals surface area contributed by atoms with Gasteiger partial charge in [-0.3, -0.25) is 0 Å². The lowest BCUT2D eigenvalue weighted by molar-refractivity contribution is 0.611. The van der Waals surface area contributed by atoms with Crippen molar-refractivity contribution >= 4 is 0 Å². The molecule has 0 fully saturated rings. The average molecular weight is 238 g/mol. The third kappa shape index (κ3) is 1.91. The summed E-state index contributed by atoms with van der Waals surface area (Å²) in [4.78, 5) is 0. The van der Waals surface area contributed by atoms with E-state index in [0.29, 0.717) is 5.69 Å². The summed E-state index contributed by atoms with van der Waals surface area (Å²) in [7, 11) is 0. The lowest BCUT2D eigenvalue weighted by Gasteiger charge is -2.01. The molecular weight excluding hydrogens is 227 g/mol. The highest BCUT2D eigenvalue weighted by molar-refractivity contribution is 5.62. The number of halogens is 1. The fraction of sp³-hybridized carbons (Fsp3) is 0. The van der Waals surface area contributed by atoms with Crippen molar-refractivity contribution in [3.63, 3.8) is 0 Å². The van der Waals surface area contributed by atoms with Gasteiger partial charge in [0.2, 0.25) is 0 Å². The maximum absolute atomic E-state index is 13.6. The van der Waals surface area contributed by atoms with E-state index in [1.807, 2.05) is 36.5 Å². The number of hydrogen-bond donors (Lipinski definition) is 0. The molecule has 0 N–H and O–H groups in total. The lowest BCUT2D eigenvalue weighted by Crippen LogP contribution is -1.96. The molecule has 18 heavy (non-hydrogen) atoms. The van der Waals surface area contributed by atoms with Crippen LogP contribution >= 0.6 is 0 Å². The maximum atomic E-state index is 13.6. The smallest absolute Gasteiger partial charge is 0.148 e. The summed E-state index contributed by atoms with van der Waals surface area (Å²) < 4.78 is 15.2. The molecule has 3 aromatic rings. The van der Waals surface area contributed by atoms with Gasteiger partial charge in [-0.25, -0.2) is 9.07 Å². The van der Waals surface area contributed by atoms with E-state index in [9.17, 15) is 4.39 Å². The van der Waals surface area contributed by atoms with Crippen LogP contribution in [0.25, 0.3) is 16.8 Å². The quantitative estimate of drug-likeness (QED) is 0.666. The van der Waals surface area contributed by atoms with Crippen LogP contribution in [0.2, 0.25) is 0 Å². The van der Waals surface area contributed by atoms with Crippen molar-refractivity contribution in [2.24, 2.45) is 0 Å². The summed E-state index contributed by atoms with van der Waals surface area (Å²) in [5, 5.41) is 4.20. The first-order valence-corrected chi connectivity index (χ1v) is 5.69. The molecule has 88 valence electrons. The molecule has 3 heteroatoms. The van der Waals surface area contributed by atoms with Crippen LogP contribution in [0, 0.1) is 5.82 Å². The third-order valence-electron chi connectivity index (χ3n) is 2.79. The van der Waals surface area contributed by atoms with Crippen molar-refractivity contribution in [1.29, 1.82) is 0 Å². The predicted octanol–water partition coefficient (Wildman–Crippen LogP) is 3.68. The van der Waals surface area contributed by atoms with E-state index in [2.05, 4.69) is 5.10 Å². The molecule has 0 aliphatic carbocycles. The summed E-state index contributed by atoms with van der Waals surface area (Å²) in [5.74, 6) is -0.278. The zero-order chi connectivity index (χ0) is 12.4. The van der Waals surface area contributed by atoms with Crippen molar-refractivity contribution < 1.29 is 4.39 Å². The minimum Gasteiger partial charge on any atom is -0.237 e. The minimum absolute atomic E-state index is 0.278. The Hall–Kier alpha value is -2.42. The standard InChI is InChI=1S/C15H11FN2/c16-14-8-4-5-9-15(14)18-11-13(10-17-18)12-6-2-1-3-7-12/h1-11H. The molecule has 0 aliphatic heterocycles. The maximum Gasteiger partial charge on any atom is 0.148 e. The number of benzene rings is 2. The predicted molar refractivity (Wildman–Crippen MR) is 69.0 cm³/mol. The number of aromatic nitrogens is 2. The van der Waals surface area contributed by atoms with Crippen LogP contribution in [0.1, 0.15) is 0 Å². The molecule has 0 bridgehead atoms. The molecule has 1 heterocycles. The van der Waals surface area contributed by atoms with Crippen molar-refractivity contribution in [3.05, 3.63) is 72.8 Å². The average Bonchev–Trinajstić information content (AvgIpc) is 2.90. The second-order valence-corrected chi connectivity index (χ2v) is 3.99. The molecule has 0 aliphatic rings. The highest BCUT2D eigenvalue weighted by Crippen LogP contribution is 2.20. The largest absolute Gasteiger partial charge is 0.237 e. The van der Waals surface area contributed by atoms with E-state index in [-0.39, 0.29) is 5.82 Å². The Morgan fingerprint density at radius 2 is 1.56 bits per heavy atom. The van der Waals surface area contributed by atoms with Gasteiger partial charge in [0.25, 0.3) is 0 Å². The third-order valence-corrected chi connectivity index (χ3v) is 2.79. The molecule has 0 radical (unpaired) electrons. The molecule has 0 saturated heterocycles. The van der Waals surface area contributed by atoms with Crippen LogP contribution in [0.15, 0.2) is 67.0 Å². The highest BCUT2D eigenvalue weighted by Gasteiger charge is 2.06. The monoisotopic (exact) mass is 238 g/mol. The number of rotatable bonds is 2. The van der Waals surface area contributed by atoms with E-state index in [1.54, 1.807) is 29.1 Å². The van der Waals surface area contributed by atoms with Gasteiger partial charge < -0.3 is 0 Å². The van der Waals surface area contributed by atoms with Crippen LogP contribution in [0.5, 0.6) is 0 Å². The molecular formula is C15H11FN2. The van der Waals surface area contributed by atoms with E-state index in [4.69, 9.17) is 0 Å². The Bertz CT molecular complexity index is 659. The highest BCUT2D eigenvalue weighted by atomic mass is 19.1. The first-order chi connectivity index (χ1) is 8.84. The Kier molecular flexibility index (Phi) is 2.65. The fourth-order valence-electron chi connectivity index (χ4n) is 1.87. The van der Waals surface area contributed by atoms with Crippen LogP contribution in [0.3, 0.4) is 0 Å². The molecule has 3 rings (SSSR count).